The van der Waals surface area contributed by atoms with Crippen LogP contribution in [0.5, 0.6) is 0 Å². The van der Waals surface area contributed by atoms with E-state index in [1.165, 1.54) is 0 Å². The van der Waals surface area contributed by atoms with Crippen molar-refractivity contribution in [2.45, 2.75) is 6.92 Å². The van der Waals surface area contributed by atoms with E-state index < -0.39 is 0 Å². The van der Waals surface area contributed by atoms with Crippen molar-refractivity contribution < 1.29 is 0 Å². The van der Waals surface area contributed by atoms with Gasteiger partial charge in [0.2, 0.25) is 0 Å². The Morgan fingerprint density at radius 3 is 2.50 bits per heavy atom. The van der Waals surface area contributed by atoms with Crippen molar-refractivity contribution in [3.05, 3.63) is 64.7 Å². The van der Waals surface area contributed by atoms with E-state index in [0.717, 1.165) is 21.8 Å². The van der Waals surface area contributed by atoms with Crippen molar-refractivity contribution in [3.8, 4) is 0 Å². The Morgan fingerprint density at radius 1 is 1.00 bits per heavy atom. The number of hydrogen-bond acceptors (Lipinski definition) is 1. The molecule has 0 bridgehead atoms. The van der Waals surface area contributed by atoms with Gasteiger partial charge in [-0.15, -0.1) is 0 Å². The third-order valence-corrected chi connectivity index (χ3v) is 2.85. The van der Waals surface area contributed by atoms with Gasteiger partial charge >= 0.3 is 0 Å². The van der Waals surface area contributed by atoms with Gasteiger partial charge in [0, 0.05) is 11.8 Å². The first-order valence-electron chi connectivity index (χ1n) is 5.11. The van der Waals surface area contributed by atoms with Crippen LogP contribution in [-0.2, 0) is 0 Å². The summed E-state index contributed by atoms with van der Waals surface area (Å²) in [6.07, 6.45) is 1.80. The second-order valence-electron chi connectivity index (χ2n) is 3.57. The highest BCUT2D eigenvalue weighted by molar-refractivity contribution is 6.33. The molecular weight excluding hydrogens is 218 g/mol. The Hall–Kier alpha value is -1.60. The van der Waals surface area contributed by atoms with Crippen LogP contribution in [0.1, 0.15) is 11.1 Å². The van der Waals surface area contributed by atoms with Crippen molar-refractivity contribution in [2.24, 2.45) is 4.99 Å². The molecule has 16 heavy (non-hydrogen) atoms. The standard InChI is InChI=1S/C14H12ClN/c1-11-6-5-7-12(14(11)15)10-16-13-8-3-2-4-9-13/h2-10H,1H3/b16-10+. The van der Waals surface area contributed by atoms with Crippen LogP contribution in [0.3, 0.4) is 0 Å². The number of rotatable bonds is 2. The molecule has 80 valence electrons. The van der Waals surface area contributed by atoms with Crippen LogP contribution in [0, 0.1) is 6.92 Å². The smallest absolute Gasteiger partial charge is 0.0629 e. The number of hydrogen-bond donors (Lipinski definition) is 0. The molecule has 2 aromatic rings. The SMILES string of the molecule is Cc1cccc(/C=N/c2ccccc2)c1Cl. The molecular formula is C14H12ClN. The van der Waals surface area contributed by atoms with E-state index in [9.17, 15) is 0 Å². The maximum atomic E-state index is 6.17. The quantitative estimate of drug-likeness (QED) is 0.677. The second-order valence-corrected chi connectivity index (χ2v) is 3.95. The van der Waals surface area contributed by atoms with Crippen LogP contribution in [0.25, 0.3) is 0 Å². The lowest BCUT2D eigenvalue weighted by molar-refractivity contribution is 1.45. The number of aliphatic imine (C=N–C) groups is 1. The Kier molecular flexibility index (Phi) is 3.37. The predicted octanol–water partition coefficient (Wildman–Crippen LogP) is 4.40. The zero-order valence-electron chi connectivity index (χ0n) is 9.02. The Morgan fingerprint density at radius 2 is 1.75 bits per heavy atom. The van der Waals surface area contributed by atoms with Gasteiger partial charge in [0.15, 0.2) is 0 Å². The lowest BCUT2D eigenvalue weighted by Crippen LogP contribution is -1.85. The summed E-state index contributed by atoms with van der Waals surface area (Å²) in [5, 5.41) is 0.766. The van der Waals surface area contributed by atoms with Gasteiger partial charge in [-0.25, -0.2) is 0 Å². The molecule has 0 aliphatic rings. The topological polar surface area (TPSA) is 12.4 Å². The van der Waals surface area contributed by atoms with Crippen molar-refractivity contribution in [1.82, 2.24) is 0 Å². The fraction of sp³-hybridized carbons (Fsp3) is 0.0714. The Labute approximate surface area is 100 Å². The van der Waals surface area contributed by atoms with Crippen LogP contribution < -0.4 is 0 Å². The molecule has 0 amide bonds. The van der Waals surface area contributed by atoms with Gasteiger partial charge in [0.1, 0.15) is 0 Å². The van der Waals surface area contributed by atoms with Crippen molar-refractivity contribution >= 4 is 23.5 Å². The van der Waals surface area contributed by atoms with E-state index in [0.29, 0.717) is 0 Å². The van der Waals surface area contributed by atoms with Gasteiger partial charge in [0.25, 0.3) is 0 Å². The highest BCUT2D eigenvalue weighted by atomic mass is 35.5. The van der Waals surface area contributed by atoms with E-state index in [-0.39, 0.29) is 0 Å². The van der Waals surface area contributed by atoms with Crippen LogP contribution in [0.15, 0.2) is 53.5 Å². The number of benzene rings is 2. The normalized spacial score (nSPS) is 10.9. The summed E-state index contributed by atoms with van der Waals surface area (Å²) < 4.78 is 0. The first-order chi connectivity index (χ1) is 7.77. The molecule has 0 spiro atoms. The summed E-state index contributed by atoms with van der Waals surface area (Å²) in [6, 6.07) is 15.7. The summed E-state index contributed by atoms with van der Waals surface area (Å²) in [5.41, 5.74) is 2.95. The third-order valence-electron chi connectivity index (χ3n) is 2.33. The maximum Gasteiger partial charge on any atom is 0.0629 e. The van der Waals surface area contributed by atoms with Gasteiger partial charge in [-0.3, -0.25) is 4.99 Å². The maximum absolute atomic E-state index is 6.17. The molecule has 0 unspecified atom stereocenters. The molecule has 0 N–H and O–H groups in total. The molecule has 2 rings (SSSR count). The van der Waals surface area contributed by atoms with Crippen LogP contribution in [0.4, 0.5) is 5.69 Å². The summed E-state index contributed by atoms with van der Waals surface area (Å²) in [4.78, 5) is 4.37. The molecule has 2 heteroatoms. The fourth-order valence-electron chi connectivity index (χ4n) is 1.43. The average Bonchev–Trinajstić information content (AvgIpc) is 2.32. The first-order valence-corrected chi connectivity index (χ1v) is 5.49. The zero-order chi connectivity index (χ0) is 11.4. The van der Waals surface area contributed by atoms with E-state index in [1.54, 1.807) is 6.21 Å². The van der Waals surface area contributed by atoms with Gasteiger partial charge < -0.3 is 0 Å². The van der Waals surface area contributed by atoms with Crippen molar-refractivity contribution in [3.63, 3.8) is 0 Å². The number of halogens is 1. The van der Waals surface area contributed by atoms with Crippen LogP contribution in [0.2, 0.25) is 5.02 Å². The lowest BCUT2D eigenvalue weighted by atomic mass is 10.1. The minimum atomic E-state index is 0.766. The molecule has 0 radical (unpaired) electrons. The largest absolute Gasteiger partial charge is 0.256 e. The Balaban J connectivity index is 2.28. The van der Waals surface area contributed by atoms with Gasteiger partial charge in [0.05, 0.1) is 10.7 Å². The molecule has 0 heterocycles. The van der Waals surface area contributed by atoms with E-state index in [2.05, 4.69) is 4.99 Å². The minimum Gasteiger partial charge on any atom is -0.256 e. The van der Waals surface area contributed by atoms with Crippen molar-refractivity contribution in [1.29, 1.82) is 0 Å². The van der Waals surface area contributed by atoms with E-state index >= 15 is 0 Å². The molecule has 0 aliphatic heterocycles. The number of para-hydroxylation sites is 1. The van der Waals surface area contributed by atoms with Gasteiger partial charge in [-0.05, 0) is 24.6 Å². The average molecular weight is 230 g/mol. The zero-order valence-corrected chi connectivity index (χ0v) is 9.78. The molecule has 0 aliphatic carbocycles. The molecule has 2 aromatic carbocycles. The monoisotopic (exact) mass is 229 g/mol. The van der Waals surface area contributed by atoms with Gasteiger partial charge in [-0.2, -0.15) is 0 Å². The molecule has 0 aromatic heterocycles. The molecule has 0 saturated heterocycles. The first kappa shape index (κ1) is 10.9. The summed E-state index contributed by atoms with van der Waals surface area (Å²) in [7, 11) is 0. The van der Waals surface area contributed by atoms with Crippen LogP contribution >= 0.6 is 11.6 Å². The Bertz CT molecular complexity index is 503. The highest BCUT2D eigenvalue weighted by Crippen LogP contribution is 2.19. The summed E-state index contributed by atoms with van der Waals surface area (Å²) in [5.74, 6) is 0. The van der Waals surface area contributed by atoms with Crippen LogP contribution in [-0.4, -0.2) is 6.21 Å². The lowest BCUT2D eigenvalue weighted by Gasteiger charge is -2.00. The number of nitrogens with zero attached hydrogens (tertiary/aromatic N) is 1. The fourth-order valence-corrected chi connectivity index (χ4v) is 1.60. The van der Waals surface area contributed by atoms with Gasteiger partial charge in [-0.1, -0.05) is 48.0 Å². The third kappa shape index (κ3) is 2.50. The van der Waals surface area contributed by atoms with E-state index in [4.69, 9.17) is 11.6 Å². The van der Waals surface area contributed by atoms with Crippen molar-refractivity contribution in [2.75, 3.05) is 0 Å². The highest BCUT2D eigenvalue weighted by Gasteiger charge is 1.99. The summed E-state index contributed by atoms with van der Waals surface area (Å²) >= 11 is 6.17. The molecule has 1 nitrogen and oxygen atoms in total. The molecule has 0 fully saturated rings. The minimum absolute atomic E-state index is 0.766. The van der Waals surface area contributed by atoms with E-state index in [1.807, 2.05) is 55.5 Å². The second kappa shape index (κ2) is 4.95. The molecule has 0 atom stereocenters. The molecule has 0 saturated carbocycles. The summed E-state index contributed by atoms with van der Waals surface area (Å²) in [6.45, 7) is 1.99. The predicted molar refractivity (Wildman–Crippen MR) is 69.9 cm³/mol. The number of aryl methyl sites for hydroxylation is 1.